The SMILES string of the molecule is C=C[C@H](C)[C@H](O)[C@@H](C)[C@H](O[Si](C)(C)C(C)(C)C)[C@H](C)CO[Si](C)(C)C(C)(C)C. The Morgan fingerprint density at radius 2 is 1.32 bits per heavy atom. The molecular formula is C23H50O3Si2. The van der Waals surface area contributed by atoms with Crippen LogP contribution in [0.2, 0.25) is 36.3 Å². The van der Waals surface area contributed by atoms with E-state index in [1.54, 1.807) is 0 Å². The Morgan fingerprint density at radius 1 is 0.893 bits per heavy atom. The zero-order valence-electron chi connectivity index (χ0n) is 21.1. The fraction of sp³-hybridized carbons (Fsp3) is 0.913. The van der Waals surface area contributed by atoms with Crippen molar-refractivity contribution < 1.29 is 14.0 Å². The Hall–Kier alpha value is 0.0538. The second kappa shape index (κ2) is 9.91. The summed E-state index contributed by atoms with van der Waals surface area (Å²) in [5.74, 6) is 0.263. The molecule has 0 aliphatic rings. The highest BCUT2D eigenvalue weighted by atomic mass is 28.4. The second-order valence-electron chi connectivity index (χ2n) is 11.8. The van der Waals surface area contributed by atoms with Gasteiger partial charge >= 0.3 is 0 Å². The quantitative estimate of drug-likeness (QED) is 0.304. The van der Waals surface area contributed by atoms with Gasteiger partial charge in [0, 0.05) is 24.4 Å². The molecule has 0 radical (unpaired) electrons. The van der Waals surface area contributed by atoms with Gasteiger partial charge in [0.2, 0.25) is 0 Å². The molecule has 0 aromatic heterocycles. The summed E-state index contributed by atoms with van der Waals surface area (Å²) in [6.07, 6.45) is 1.33. The first-order valence-corrected chi connectivity index (χ1v) is 16.7. The summed E-state index contributed by atoms with van der Waals surface area (Å²) >= 11 is 0. The number of aliphatic hydroxyl groups is 1. The molecule has 0 aliphatic heterocycles. The second-order valence-corrected chi connectivity index (χ2v) is 21.4. The van der Waals surface area contributed by atoms with E-state index in [1.807, 2.05) is 13.0 Å². The smallest absolute Gasteiger partial charge is 0.192 e. The maximum atomic E-state index is 10.9. The molecule has 1 N–H and O–H groups in total. The maximum Gasteiger partial charge on any atom is 0.192 e. The van der Waals surface area contributed by atoms with Crippen LogP contribution in [0.4, 0.5) is 0 Å². The van der Waals surface area contributed by atoms with E-state index in [9.17, 15) is 5.11 Å². The van der Waals surface area contributed by atoms with Gasteiger partial charge in [0.25, 0.3) is 0 Å². The van der Waals surface area contributed by atoms with Crippen LogP contribution < -0.4 is 0 Å². The highest BCUT2D eigenvalue weighted by Crippen LogP contribution is 2.41. The highest BCUT2D eigenvalue weighted by Gasteiger charge is 2.44. The van der Waals surface area contributed by atoms with Gasteiger partial charge in [-0.25, -0.2) is 0 Å². The zero-order valence-corrected chi connectivity index (χ0v) is 23.1. The molecule has 0 aliphatic carbocycles. The molecular weight excluding hydrogens is 380 g/mol. The molecule has 0 aromatic carbocycles. The number of rotatable bonds is 10. The predicted octanol–water partition coefficient (Wildman–Crippen LogP) is 6.85. The molecule has 0 amide bonds. The first-order chi connectivity index (χ1) is 12.3. The third-order valence-electron chi connectivity index (χ3n) is 7.28. The third kappa shape index (κ3) is 7.39. The average Bonchev–Trinajstić information content (AvgIpc) is 2.53. The van der Waals surface area contributed by atoms with Gasteiger partial charge in [-0.1, -0.05) is 68.4 Å². The lowest BCUT2D eigenvalue weighted by atomic mass is 9.84. The van der Waals surface area contributed by atoms with Gasteiger partial charge in [0.15, 0.2) is 16.6 Å². The van der Waals surface area contributed by atoms with Gasteiger partial charge in [-0.05, 0) is 36.3 Å². The van der Waals surface area contributed by atoms with E-state index in [2.05, 4.69) is 88.2 Å². The summed E-state index contributed by atoms with van der Waals surface area (Å²) in [6.45, 7) is 33.7. The van der Waals surface area contributed by atoms with E-state index < -0.39 is 22.7 Å². The first kappa shape index (κ1) is 28.1. The minimum atomic E-state index is -1.98. The van der Waals surface area contributed by atoms with Crippen LogP contribution in [-0.2, 0) is 8.85 Å². The van der Waals surface area contributed by atoms with Crippen molar-refractivity contribution >= 4 is 16.6 Å². The van der Waals surface area contributed by atoms with Crippen molar-refractivity contribution in [3.05, 3.63) is 12.7 Å². The molecule has 0 bridgehead atoms. The lowest BCUT2D eigenvalue weighted by Gasteiger charge is -2.45. The molecule has 0 fully saturated rings. The van der Waals surface area contributed by atoms with Crippen molar-refractivity contribution in [3.8, 4) is 0 Å². The summed E-state index contributed by atoms with van der Waals surface area (Å²) in [7, 11) is -3.80. The molecule has 0 spiro atoms. The van der Waals surface area contributed by atoms with Crippen LogP contribution in [0.1, 0.15) is 62.3 Å². The van der Waals surface area contributed by atoms with Crippen molar-refractivity contribution in [2.45, 2.75) is 111 Å². The number of hydrogen-bond donors (Lipinski definition) is 1. The van der Waals surface area contributed by atoms with E-state index >= 15 is 0 Å². The lowest BCUT2D eigenvalue weighted by Crippen LogP contribution is -2.51. The third-order valence-corrected chi connectivity index (χ3v) is 16.3. The van der Waals surface area contributed by atoms with Gasteiger partial charge in [0.1, 0.15) is 0 Å². The molecule has 0 unspecified atom stereocenters. The Labute approximate surface area is 178 Å². The minimum Gasteiger partial charge on any atom is -0.416 e. The fourth-order valence-electron chi connectivity index (χ4n) is 2.72. The van der Waals surface area contributed by atoms with Crippen LogP contribution >= 0.6 is 0 Å². The zero-order chi connectivity index (χ0) is 22.7. The van der Waals surface area contributed by atoms with E-state index in [-0.39, 0.29) is 33.9 Å². The lowest BCUT2D eigenvalue weighted by molar-refractivity contribution is -0.0231. The number of aliphatic hydroxyl groups excluding tert-OH is 1. The van der Waals surface area contributed by atoms with Crippen LogP contribution in [-0.4, -0.2) is 40.6 Å². The topological polar surface area (TPSA) is 38.7 Å². The van der Waals surface area contributed by atoms with Crippen molar-refractivity contribution in [1.82, 2.24) is 0 Å². The van der Waals surface area contributed by atoms with Crippen molar-refractivity contribution in [2.24, 2.45) is 17.8 Å². The number of hydrogen-bond acceptors (Lipinski definition) is 3. The average molecular weight is 431 g/mol. The Kier molecular flexibility index (Phi) is 9.93. The minimum absolute atomic E-state index is 0.0140. The summed E-state index contributed by atoms with van der Waals surface area (Å²) in [4.78, 5) is 0. The van der Waals surface area contributed by atoms with E-state index in [1.165, 1.54) is 0 Å². The van der Waals surface area contributed by atoms with Crippen molar-refractivity contribution in [2.75, 3.05) is 6.61 Å². The van der Waals surface area contributed by atoms with E-state index in [0.29, 0.717) is 6.61 Å². The molecule has 0 saturated carbocycles. The Balaban J connectivity index is 5.62. The van der Waals surface area contributed by atoms with E-state index in [4.69, 9.17) is 8.85 Å². The fourth-order valence-corrected chi connectivity index (χ4v) is 5.32. The molecule has 28 heavy (non-hydrogen) atoms. The molecule has 5 atom stereocenters. The largest absolute Gasteiger partial charge is 0.416 e. The van der Waals surface area contributed by atoms with Crippen LogP contribution in [0.15, 0.2) is 12.7 Å². The predicted molar refractivity (Wildman–Crippen MR) is 129 cm³/mol. The molecule has 168 valence electrons. The molecule has 3 nitrogen and oxygen atoms in total. The molecule has 5 heteroatoms. The molecule has 0 heterocycles. The maximum absolute atomic E-state index is 10.9. The van der Waals surface area contributed by atoms with E-state index in [0.717, 1.165) is 0 Å². The molecule has 0 rings (SSSR count). The van der Waals surface area contributed by atoms with Crippen LogP contribution in [0.25, 0.3) is 0 Å². The van der Waals surface area contributed by atoms with Gasteiger partial charge in [-0.15, -0.1) is 6.58 Å². The summed E-state index contributed by atoms with van der Waals surface area (Å²) in [5.41, 5.74) is 0. The summed E-state index contributed by atoms with van der Waals surface area (Å²) in [6, 6.07) is 0. The monoisotopic (exact) mass is 430 g/mol. The van der Waals surface area contributed by atoms with Gasteiger partial charge in [-0.3, -0.25) is 0 Å². The molecule has 0 saturated heterocycles. The summed E-state index contributed by atoms with van der Waals surface area (Å²) < 4.78 is 13.4. The first-order valence-electron chi connectivity index (χ1n) is 10.9. The Morgan fingerprint density at radius 3 is 1.68 bits per heavy atom. The molecule has 0 aromatic rings. The van der Waals surface area contributed by atoms with Gasteiger partial charge in [0.05, 0.1) is 12.2 Å². The highest BCUT2D eigenvalue weighted by molar-refractivity contribution is 6.74. The van der Waals surface area contributed by atoms with Gasteiger partial charge < -0.3 is 14.0 Å². The Bertz CT molecular complexity index is 489. The standard InChI is InChI=1S/C23H50O3Si2/c1-15-17(2)20(24)19(4)21(26-28(13,14)23(8,9)10)18(3)16-25-27(11,12)22(5,6)7/h15,17-21,24H,1,16H2,2-14H3/t17-,18+,19+,20-,21+/m0/s1. The summed E-state index contributed by atoms with van der Waals surface area (Å²) in [5, 5.41) is 11.2. The van der Waals surface area contributed by atoms with Crippen LogP contribution in [0, 0.1) is 17.8 Å². The van der Waals surface area contributed by atoms with Crippen LogP contribution in [0.5, 0.6) is 0 Å². The van der Waals surface area contributed by atoms with Crippen molar-refractivity contribution in [3.63, 3.8) is 0 Å². The van der Waals surface area contributed by atoms with Crippen molar-refractivity contribution in [1.29, 1.82) is 0 Å². The van der Waals surface area contributed by atoms with Crippen LogP contribution in [0.3, 0.4) is 0 Å². The normalized spacial score (nSPS) is 19.6. The van der Waals surface area contributed by atoms with Gasteiger partial charge in [-0.2, -0.15) is 0 Å².